The molecule has 1 N–H and O–H groups in total. The van der Waals surface area contributed by atoms with Gasteiger partial charge < -0.3 is 9.84 Å². The van der Waals surface area contributed by atoms with Gasteiger partial charge in [0.15, 0.2) is 5.69 Å². The average Bonchev–Trinajstić information content (AvgIpc) is 2.34. The lowest BCUT2D eigenvalue weighted by Gasteiger charge is -2.08. The number of aromatic carboxylic acids is 1. The Balaban J connectivity index is 2.31. The minimum atomic E-state index is -1.09. The summed E-state index contributed by atoms with van der Waals surface area (Å²) in [7, 11) is 0. The minimum Gasteiger partial charge on any atom is -0.477 e. The van der Waals surface area contributed by atoms with Gasteiger partial charge in [-0.3, -0.25) is 0 Å². The van der Waals surface area contributed by atoms with Gasteiger partial charge >= 0.3 is 5.97 Å². The van der Waals surface area contributed by atoms with Gasteiger partial charge in [0, 0.05) is 11.1 Å². The average molecular weight is 264 g/mol. The Morgan fingerprint density at radius 1 is 1.33 bits per heavy atom. The molecule has 0 radical (unpaired) electrons. The molecule has 0 bridgehead atoms. The molecule has 2 rings (SSSR count). The van der Waals surface area contributed by atoms with Crippen LogP contribution < -0.4 is 4.74 Å². The van der Waals surface area contributed by atoms with Gasteiger partial charge in [-0.15, -0.1) is 0 Å². The van der Waals surface area contributed by atoms with Gasteiger partial charge in [0.05, 0.1) is 0 Å². The number of carbonyl (C=O) groups is 1. The Hall–Kier alpha value is -2.07. The Labute approximate surface area is 109 Å². The molecule has 92 valence electrons. The first-order valence-corrected chi connectivity index (χ1v) is 5.58. The quantitative estimate of drug-likeness (QED) is 0.920. The number of rotatable bonds is 3. The summed E-state index contributed by atoms with van der Waals surface area (Å²) >= 11 is 5.87. The Morgan fingerprint density at radius 3 is 2.83 bits per heavy atom. The molecular formula is C13H10ClNO3. The van der Waals surface area contributed by atoms with E-state index in [1.807, 2.05) is 13.0 Å². The summed E-state index contributed by atoms with van der Waals surface area (Å²) in [5, 5.41) is 9.38. The van der Waals surface area contributed by atoms with Gasteiger partial charge in [-0.05, 0) is 30.7 Å². The maximum absolute atomic E-state index is 10.8. The summed E-state index contributed by atoms with van der Waals surface area (Å²) in [6, 6.07) is 9.80. The van der Waals surface area contributed by atoms with Crippen LogP contribution >= 0.6 is 11.6 Å². The molecule has 18 heavy (non-hydrogen) atoms. The van der Waals surface area contributed by atoms with Gasteiger partial charge in [0.2, 0.25) is 5.88 Å². The molecule has 4 nitrogen and oxygen atoms in total. The molecule has 1 aromatic carbocycles. The van der Waals surface area contributed by atoms with Crippen molar-refractivity contribution < 1.29 is 14.6 Å². The second-order valence-corrected chi connectivity index (χ2v) is 4.11. The van der Waals surface area contributed by atoms with Crippen molar-refractivity contribution in [2.24, 2.45) is 0 Å². The highest BCUT2D eigenvalue weighted by Crippen LogP contribution is 2.26. The largest absolute Gasteiger partial charge is 0.477 e. The Bertz CT molecular complexity index is 599. The number of aryl methyl sites for hydroxylation is 1. The number of halogens is 1. The Kier molecular flexibility index (Phi) is 3.48. The van der Waals surface area contributed by atoms with Crippen LogP contribution in [0.25, 0.3) is 0 Å². The fraction of sp³-hybridized carbons (Fsp3) is 0.0769. The van der Waals surface area contributed by atoms with Crippen LogP contribution in [0.5, 0.6) is 11.6 Å². The summed E-state index contributed by atoms with van der Waals surface area (Å²) in [6.07, 6.45) is 0. The summed E-state index contributed by atoms with van der Waals surface area (Å²) in [5.41, 5.74) is 0.828. The summed E-state index contributed by atoms with van der Waals surface area (Å²) in [5.74, 6) is -0.318. The van der Waals surface area contributed by atoms with E-state index in [1.165, 1.54) is 6.07 Å². The first-order chi connectivity index (χ1) is 8.56. The van der Waals surface area contributed by atoms with Crippen LogP contribution in [-0.2, 0) is 0 Å². The number of ether oxygens (including phenoxy) is 1. The molecule has 2 aromatic rings. The van der Waals surface area contributed by atoms with E-state index in [1.54, 1.807) is 24.3 Å². The van der Waals surface area contributed by atoms with E-state index in [0.717, 1.165) is 5.56 Å². The van der Waals surface area contributed by atoms with Crippen LogP contribution in [0.3, 0.4) is 0 Å². The molecule has 0 spiro atoms. The molecule has 0 aliphatic rings. The fourth-order valence-electron chi connectivity index (χ4n) is 1.39. The first-order valence-electron chi connectivity index (χ1n) is 5.20. The van der Waals surface area contributed by atoms with Crippen LogP contribution in [0.4, 0.5) is 0 Å². The predicted octanol–water partition coefficient (Wildman–Crippen LogP) is 3.53. The second-order valence-electron chi connectivity index (χ2n) is 3.68. The maximum atomic E-state index is 10.8. The monoisotopic (exact) mass is 263 g/mol. The number of benzene rings is 1. The highest BCUT2D eigenvalue weighted by atomic mass is 35.5. The van der Waals surface area contributed by atoms with Crippen LogP contribution in [0.2, 0.25) is 5.02 Å². The van der Waals surface area contributed by atoms with Crippen LogP contribution in [0.1, 0.15) is 16.1 Å². The predicted molar refractivity (Wildman–Crippen MR) is 67.5 cm³/mol. The van der Waals surface area contributed by atoms with Crippen molar-refractivity contribution in [2.75, 3.05) is 0 Å². The van der Waals surface area contributed by atoms with Crippen molar-refractivity contribution in [3.05, 3.63) is 52.7 Å². The van der Waals surface area contributed by atoms with Crippen molar-refractivity contribution >= 4 is 17.6 Å². The zero-order valence-corrected chi connectivity index (χ0v) is 10.3. The summed E-state index contributed by atoms with van der Waals surface area (Å²) < 4.78 is 5.52. The number of carboxylic acids is 1. The lowest BCUT2D eigenvalue weighted by atomic mass is 10.2. The second kappa shape index (κ2) is 5.06. The van der Waals surface area contributed by atoms with Gasteiger partial charge in [-0.2, -0.15) is 0 Å². The van der Waals surface area contributed by atoms with Crippen molar-refractivity contribution in [3.63, 3.8) is 0 Å². The summed E-state index contributed by atoms with van der Waals surface area (Å²) in [6.45, 7) is 1.87. The van der Waals surface area contributed by atoms with Gasteiger partial charge in [0.1, 0.15) is 5.75 Å². The van der Waals surface area contributed by atoms with Gasteiger partial charge in [0.25, 0.3) is 0 Å². The zero-order chi connectivity index (χ0) is 13.1. The smallest absolute Gasteiger partial charge is 0.354 e. The molecular weight excluding hydrogens is 254 g/mol. The first kappa shape index (κ1) is 12.4. The third-order valence-corrected chi connectivity index (χ3v) is 2.54. The number of carboxylic acid groups (broad SMARTS) is 1. The number of hydrogen-bond donors (Lipinski definition) is 1. The van der Waals surface area contributed by atoms with Gasteiger partial charge in [-0.25, -0.2) is 9.78 Å². The van der Waals surface area contributed by atoms with E-state index in [-0.39, 0.29) is 11.6 Å². The lowest BCUT2D eigenvalue weighted by molar-refractivity contribution is 0.0689. The molecule has 0 aliphatic carbocycles. The molecule has 0 aliphatic heterocycles. The van der Waals surface area contributed by atoms with Crippen molar-refractivity contribution in [3.8, 4) is 11.6 Å². The normalized spacial score (nSPS) is 10.1. The highest BCUT2D eigenvalue weighted by Gasteiger charge is 2.08. The fourth-order valence-corrected chi connectivity index (χ4v) is 1.55. The molecule has 0 atom stereocenters. The molecule has 0 amide bonds. The maximum Gasteiger partial charge on any atom is 0.354 e. The third kappa shape index (κ3) is 2.78. The molecule has 0 unspecified atom stereocenters. The van der Waals surface area contributed by atoms with Crippen molar-refractivity contribution in [1.29, 1.82) is 0 Å². The molecule has 0 fully saturated rings. The van der Waals surface area contributed by atoms with Crippen LogP contribution in [-0.4, -0.2) is 16.1 Å². The Morgan fingerprint density at radius 2 is 2.11 bits per heavy atom. The SMILES string of the molecule is Cc1ccc(Cl)cc1Oc1cccc(C(=O)O)n1. The standard InChI is InChI=1S/C13H10ClNO3/c1-8-5-6-9(14)7-11(8)18-12-4-2-3-10(15-12)13(16)17/h2-7H,1H3,(H,16,17). The van der Waals surface area contributed by atoms with E-state index >= 15 is 0 Å². The third-order valence-electron chi connectivity index (χ3n) is 2.31. The molecule has 0 saturated heterocycles. The molecule has 1 heterocycles. The molecule has 1 aromatic heterocycles. The molecule has 0 saturated carbocycles. The number of nitrogens with zero attached hydrogens (tertiary/aromatic N) is 1. The van der Waals surface area contributed by atoms with E-state index in [2.05, 4.69) is 4.98 Å². The lowest BCUT2D eigenvalue weighted by Crippen LogP contribution is -2.01. The van der Waals surface area contributed by atoms with Gasteiger partial charge in [-0.1, -0.05) is 23.7 Å². The van der Waals surface area contributed by atoms with E-state index in [0.29, 0.717) is 10.8 Å². The van der Waals surface area contributed by atoms with Crippen molar-refractivity contribution in [2.45, 2.75) is 6.92 Å². The number of aromatic nitrogens is 1. The number of pyridine rings is 1. The van der Waals surface area contributed by atoms with Crippen LogP contribution in [0.15, 0.2) is 36.4 Å². The van der Waals surface area contributed by atoms with E-state index in [4.69, 9.17) is 21.4 Å². The van der Waals surface area contributed by atoms with E-state index < -0.39 is 5.97 Å². The van der Waals surface area contributed by atoms with E-state index in [9.17, 15) is 4.79 Å². The summed E-state index contributed by atoms with van der Waals surface area (Å²) in [4.78, 5) is 14.7. The topological polar surface area (TPSA) is 59.4 Å². The number of hydrogen-bond acceptors (Lipinski definition) is 3. The molecule has 5 heteroatoms. The minimum absolute atomic E-state index is 0.0628. The zero-order valence-electron chi connectivity index (χ0n) is 9.55. The van der Waals surface area contributed by atoms with Crippen LogP contribution in [0, 0.1) is 6.92 Å². The van der Waals surface area contributed by atoms with Crippen molar-refractivity contribution in [1.82, 2.24) is 4.98 Å². The highest BCUT2D eigenvalue weighted by molar-refractivity contribution is 6.30.